The van der Waals surface area contributed by atoms with Gasteiger partial charge in [0.2, 0.25) is 5.91 Å². The molecule has 264 valence electrons. The molecule has 1 unspecified atom stereocenters. The number of amides is 1. The number of halogens is 2. The summed E-state index contributed by atoms with van der Waals surface area (Å²) >= 11 is 14.5. The van der Waals surface area contributed by atoms with Crippen molar-refractivity contribution in [2.45, 2.75) is 56.7 Å². The van der Waals surface area contributed by atoms with Crippen LogP contribution >= 0.6 is 23.2 Å². The normalized spacial score (nSPS) is 21.3. The van der Waals surface area contributed by atoms with Gasteiger partial charge in [-0.15, -0.1) is 0 Å². The van der Waals surface area contributed by atoms with Gasteiger partial charge in [-0.1, -0.05) is 71.7 Å². The van der Waals surface area contributed by atoms with E-state index in [0.29, 0.717) is 29.6 Å². The second-order valence-electron chi connectivity index (χ2n) is 14.2. The Hall–Kier alpha value is -4.08. The predicted octanol–water partition coefficient (Wildman–Crippen LogP) is 7.87. The van der Waals surface area contributed by atoms with Gasteiger partial charge in [0.05, 0.1) is 30.2 Å². The molecule has 2 aliphatic heterocycles. The molecule has 51 heavy (non-hydrogen) atoms. The first-order valence-electron chi connectivity index (χ1n) is 17.7. The quantitative estimate of drug-likeness (QED) is 0.153. The number of nitrogens with one attached hydrogen (secondary N) is 2. The molecule has 8 nitrogen and oxygen atoms in total. The minimum absolute atomic E-state index is 0.127. The molecule has 3 atom stereocenters. The number of aryl methyl sites for hydroxylation is 2. The Morgan fingerprint density at radius 3 is 1.96 bits per heavy atom. The van der Waals surface area contributed by atoms with Crippen LogP contribution in [0.3, 0.4) is 0 Å². The smallest absolute Gasteiger partial charge is 0.309 e. The molecule has 10 heteroatoms. The van der Waals surface area contributed by atoms with E-state index in [2.05, 4.69) is 39.8 Å². The third-order valence-electron chi connectivity index (χ3n) is 11.3. The Bertz CT molecular complexity index is 2040. The van der Waals surface area contributed by atoms with Gasteiger partial charge in [-0.25, -0.2) is 0 Å². The van der Waals surface area contributed by atoms with Crippen molar-refractivity contribution >= 4 is 35.1 Å². The largest absolute Gasteiger partial charge is 0.496 e. The number of carboxylic acids is 1. The van der Waals surface area contributed by atoms with E-state index in [-0.39, 0.29) is 30.0 Å². The zero-order valence-corrected chi connectivity index (χ0v) is 30.2. The number of likely N-dealkylation sites (tertiary alicyclic amines) is 1. The Kier molecular flexibility index (Phi) is 9.21. The minimum Gasteiger partial charge on any atom is -0.496 e. The summed E-state index contributed by atoms with van der Waals surface area (Å²) in [7, 11) is 3.40. The second-order valence-corrected chi connectivity index (χ2v) is 14.9. The van der Waals surface area contributed by atoms with E-state index in [0.717, 1.165) is 89.1 Å². The summed E-state index contributed by atoms with van der Waals surface area (Å²) in [6.07, 6.45) is 5.17. The lowest BCUT2D eigenvalue weighted by atomic mass is 9.92. The van der Waals surface area contributed by atoms with Crippen molar-refractivity contribution in [1.82, 2.24) is 15.5 Å². The molecule has 0 saturated carbocycles. The highest BCUT2D eigenvalue weighted by Crippen LogP contribution is 2.49. The molecule has 2 saturated heterocycles. The van der Waals surface area contributed by atoms with Crippen LogP contribution in [0.4, 0.5) is 0 Å². The van der Waals surface area contributed by atoms with E-state index in [1.54, 1.807) is 14.2 Å². The maximum atomic E-state index is 11.7. The van der Waals surface area contributed by atoms with Gasteiger partial charge in [-0.05, 0) is 66.5 Å². The van der Waals surface area contributed by atoms with Crippen molar-refractivity contribution in [3.63, 3.8) is 0 Å². The molecule has 8 rings (SSSR count). The van der Waals surface area contributed by atoms with Gasteiger partial charge in [-0.3, -0.25) is 14.5 Å². The number of aliphatic carboxylic acids is 1. The number of nitrogens with zero attached hydrogens (tertiary/aromatic N) is 1. The van der Waals surface area contributed by atoms with Crippen LogP contribution in [0.25, 0.3) is 33.4 Å². The molecule has 0 radical (unpaired) electrons. The second kappa shape index (κ2) is 13.8. The first kappa shape index (κ1) is 34.0. The van der Waals surface area contributed by atoms with E-state index >= 15 is 0 Å². The molecule has 0 spiro atoms. The van der Waals surface area contributed by atoms with Crippen LogP contribution in [-0.2, 0) is 22.4 Å². The highest BCUT2D eigenvalue weighted by atomic mass is 35.5. The van der Waals surface area contributed by atoms with Gasteiger partial charge in [0.25, 0.3) is 0 Å². The maximum absolute atomic E-state index is 11.7. The van der Waals surface area contributed by atoms with E-state index < -0.39 is 5.97 Å². The van der Waals surface area contributed by atoms with Crippen LogP contribution in [0.15, 0.2) is 60.7 Å². The highest BCUT2D eigenvalue weighted by Gasteiger charge is 2.41. The van der Waals surface area contributed by atoms with Gasteiger partial charge in [0, 0.05) is 77.6 Å². The van der Waals surface area contributed by atoms with E-state index in [4.69, 9.17) is 32.7 Å². The average Bonchev–Trinajstić information content (AvgIpc) is 3.84. The number of benzene rings is 4. The molecule has 3 N–H and O–H groups in total. The molecule has 1 amide bonds. The molecule has 4 aromatic carbocycles. The lowest BCUT2D eigenvalue weighted by molar-refractivity contribution is -0.148. The number of ether oxygens (including phenoxy) is 2. The third kappa shape index (κ3) is 6.16. The summed E-state index contributed by atoms with van der Waals surface area (Å²) in [6, 6.07) is 21.2. The molecule has 0 aromatic heterocycles. The molecule has 0 bridgehead atoms. The minimum atomic E-state index is -0.728. The maximum Gasteiger partial charge on any atom is 0.309 e. The van der Waals surface area contributed by atoms with Crippen LogP contribution in [0.5, 0.6) is 11.5 Å². The molecule has 4 aliphatic rings. The number of rotatable bonds is 10. The number of methoxy groups -OCH3 is 2. The van der Waals surface area contributed by atoms with Crippen LogP contribution in [-0.4, -0.2) is 61.8 Å². The molecular formula is C41H41Cl2N3O5. The standard InChI is InChI=1S/C41H41Cl2N3O5/c1-50-34-17-24(15-22-9-12-32(37(22)34)44-19-27-11-14-36(47)45-27)28-5-3-7-30(39(28)42)31-8-4-6-29(40(31)43)25-16-23-10-13-33(38(23)35(18-25)51-2)46-20-26(21-46)41(48)49/h3-8,15-18,26-27,32-33,44H,9-14,19-21H2,1-2H3,(H,45,47)(H,48,49)/t27-,32?,33-/m0/s1. The van der Waals surface area contributed by atoms with E-state index in [9.17, 15) is 14.7 Å². The average molecular weight is 727 g/mol. The number of fused-ring (bicyclic) bond motifs is 2. The van der Waals surface area contributed by atoms with Crippen LogP contribution in [0.2, 0.25) is 10.0 Å². The Balaban J connectivity index is 1.09. The van der Waals surface area contributed by atoms with Crippen LogP contribution in [0, 0.1) is 5.92 Å². The van der Waals surface area contributed by atoms with Crippen molar-refractivity contribution in [3.8, 4) is 44.9 Å². The lowest BCUT2D eigenvalue weighted by Crippen LogP contribution is -2.51. The fourth-order valence-corrected chi connectivity index (χ4v) is 9.29. The van der Waals surface area contributed by atoms with Crippen LogP contribution < -0.4 is 20.1 Å². The fraction of sp³-hybridized carbons (Fsp3) is 0.366. The Morgan fingerprint density at radius 1 is 0.824 bits per heavy atom. The molecule has 2 aliphatic carbocycles. The molecule has 2 fully saturated rings. The molecule has 2 heterocycles. The van der Waals surface area contributed by atoms with Crippen molar-refractivity contribution < 1.29 is 24.2 Å². The molecular weight excluding hydrogens is 685 g/mol. The van der Waals surface area contributed by atoms with Gasteiger partial charge < -0.3 is 25.2 Å². The topological polar surface area (TPSA) is 100 Å². The first-order valence-corrected chi connectivity index (χ1v) is 18.5. The molecule has 4 aromatic rings. The number of carboxylic acid groups (broad SMARTS) is 1. The summed E-state index contributed by atoms with van der Waals surface area (Å²) in [5, 5.41) is 17.4. The first-order chi connectivity index (χ1) is 24.7. The summed E-state index contributed by atoms with van der Waals surface area (Å²) in [4.78, 5) is 25.4. The number of carbonyl (C=O) groups is 2. The summed E-state index contributed by atoms with van der Waals surface area (Å²) in [6.45, 7) is 1.87. The van der Waals surface area contributed by atoms with Crippen molar-refractivity contribution in [2.24, 2.45) is 5.92 Å². The van der Waals surface area contributed by atoms with Crippen molar-refractivity contribution in [2.75, 3.05) is 33.9 Å². The SMILES string of the molecule is COc1cc(-c2cccc(-c3cccc(-c4cc5c(c(OC)c4)[C@@H](N4CC(C(=O)O)C4)CC5)c3Cl)c2Cl)cc2c1C(NC[C@@H]1CCC(=O)N1)CC2. The summed E-state index contributed by atoms with van der Waals surface area (Å²) < 4.78 is 11.9. The van der Waals surface area contributed by atoms with Gasteiger partial charge in [-0.2, -0.15) is 0 Å². The van der Waals surface area contributed by atoms with Crippen molar-refractivity contribution in [1.29, 1.82) is 0 Å². The van der Waals surface area contributed by atoms with Crippen LogP contribution in [0.1, 0.15) is 60.0 Å². The van der Waals surface area contributed by atoms with Gasteiger partial charge >= 0.3 is 5.97 Å². The fourth-order valence-electron chi connectivity index (χ4n) is 8.62. The van der Waals surface area contributed by atoms with E-state index in [1.807, 2.05) is 36.4 Å². The zero-order chi connectivity index (χ0) is 35.4. The summed E-state index contributed by atoms with van der Waals surface area (Å²) in [5.41, 5.74) is 10.2. The van der Waals surface area contributed by atoms with E-state index in [1.165, 1.54) is 16.7 Å². The zero-order valence-electron chi connectivity index (χ0n) is 28.7. The third-order valence-corrected chi connectivity index (χ3v) is 12.1. The highest BCUT2D eigenvalue weighted by molar-refractivity contribution is 6.39. The number of hydrogen-bond donors (Lipinski definition) is 3. The number of carbonyl (C=O) groups excluding carboxylic acids is 1. The van der Waals surface area contributed by atoms with Gasteiger partial charge in [0.15, 0.2) is 0 Å². The lowest BCUT2D eigenvalue weighted by Gasteiger charge is -2.41. The van der Waals surface area contributed by atoms with Crippen molar-refractivity contribution in [3.05, 3.63) is 93.0 Å². The Labute approximate surface area is 308 Å². The van der Waals surface area contributed by atoms with Gasteiger partial charge in [0.1, 0.15) is 11.5 Å². The Morgan fingerprint density at radius 2 is 1.39 bits per heavy atom. The monoisotopic (exact) mass is 725 g/mol. The summed E-state index contributed by atoms with van der Waals surface area (Å²) in [5.74, 6) is 0.733. The predicted molar refractivity (Wildman–Crippen MR) is 200 cm³/mol. The number of hydrogen-bond acceptors (Lipinski definition) is 6.